The van der Waals surface area contributed by atoms with Crippen molar-refractivity contribution in [1.82, 2.24) is 15.0 Å². The number of thiazole rings is 1. The molecule has 2 amide bonds. The van der Waals surface area contributed by atoms with Gasteiger partial charge in [0.05, 0.1) is 16.3 Å². The van der Waals surface area contributed by atoms with Crippen molar-refractivity contribution in [3.05, 3.63) is 41.1 Å². The van der Waals surface area contributed by atoms with Crippen LogP contribution in [0.5, 0.6) is 0 Å². The number of nitrogens with one attached hydrogen (secondary N) is 1. The number of hydrogen-bond donors (Lipinski definition) is 1. The van der Waals surface area contributed by atoms with E-state index in [0.717, 1.165) is 34.6 Å². The van der Waals surface area contributed by atoms with Gasteiger partial charge in [0.2, 0.25) is 0 Å². The molecule has 0 spiro atoms. The molecular formula is C16H16N4O2S. The topological polar surface area (TPSA) is 71.3 Å². The molecule has 1 aliphatic rings. The maximum absolute atomic E-state index is 12.5. The van der Waals surface area contributed by atoms with Crippen molar-refractivity contribution in [2.75, 3.05) is 11.9 Å². The molecule has 0 radical (unpaired) electrons. The maximum Gasteiger partial charge on any atom is 0.323 e. The van der Waals surface area contributed by atoms with Gasteiger partial charge < -0.3 is 9.42 Å². The van der Waals surface area contributed by atoms with Crippen LogP contribution in [-0.4, -0.2) is 27.6 Å². The van der Waals surface area contributed by atoms with Gasteiger partial charge in [-0.2, -0.15) is 0 Å². The Kier molecular flexibility index (Phi) is 3.49. The Bertz CT molecular complexity index is 824. The quantitative estimate of drug-likeness (QED) is 0.773. The van der Waals surface area contributed by atoms with Crippen LogP contribution in [-0.2, 0) is 0 Å². The van der Waals surface area contributed by atoms with Gasteiger partial charge in [0.1, 0.15) is 10.8 Å². The lowest BCUT2D eigenvalue weighted by molar-refractivity contribution is 0.206. The summed E-state index contributed by atoms with van der Waals surface area (Å²) in [7, 11) is 0. The lowest BCUT2D eigenvalue weighted by atomic mass is 10.2. The van der Waals surface area contributed by atoms with Crippen LogP contribution in [0.3, 0.4) is 0 Å². The Morgan fingerprint density at radius 1 is 1.43 bits per heavy atom. The molecule has 3 aromatic rings. The number of rotatable bonds is 2. The van der Waals surface area contributed by atoms with E-state index in [1.807, 2.05) is 23.1 Å². The smallest absolute Gasteiger partial charge is 0.323 e. The summed E-state index contributed by atoms with van der Waals surface area (Å²) in [6, 6.07) is 9.65. The number of anilines is 1. The number of likely N-dealkylation sites (tertiary alicyclic amines) is 1. The molecule has 1 atom stereocenters. The standard InChI is InChI=1S/C16H16N4O2S/c1-10-9-14(19-22-10)18-16(21)20-8-4-6-12(20)15-17-11-5-2-3-7-13(11)23-15/h2-3,5,7,9,12H,4,6,8H2,1H3,(H,18,19,21)/t12-/m1/s1. The molecule has 1 aromatic carbocycles. The average molecular weight is 328 g/mol. The third kappa shape index (κ3) is 2.68. The SMILES string of the molecule is Cc1cc(NC(=O)N2CCC[C@@H]2c2nc3ccccc3s2)no1. The highest BCUT2D eigenvalue weighted by Gasteiger charge is 2.32. The summed E-state index contributed by atoms with van der Waals surface area (Å²) in [5.41, 5.74) is 0.992. The van der Waals surface area contributed by atoms with Crippen LogP contribution in [0.25, 0.3) is 10.2 Å². The van der Waals surface area contributed by atoms with E-state index in [1.54, 1.807) is 24.3 Å². The van der Waals surface area contributed by atoms with Gasteiger partial charge in [-0.05, 0) is 31.9 Å². The van der Waals surface area contributed by atoms with E-state index < -0.39 is 0 Å². The number of carbonyl (C=O) groups is 1. The summed E-state index contributed by atoms with van der Waals surface area (Å²) in [5.74, 6) is 1.12. The number of fused-ring (bicyclic) bond motifs is 1. The van der Waals surface area contributed by atoms with Gasteiger partial charge in [0, 0.05) is 12.6 Å². The van der Waals surface area contributed by atoms with Crippen LogP contribution in [0.4, 0.5) is 10.6 Å². The number of aryl methyl sites for hydroxylation is 1. The minimum Gasteiger partial charge on any atom is -0.360 e. The lowest BCUT2D eigenvalue weighted by Gasteiger charge is -2.22. The second-order valence-electron chi connectivity index (χ2n) is 5.62. The Balaban J connectivity index is 1.57. The van der Waals surface area contributed by atoms with E-state index in [0.29, 0.717) is 11.6 Å². The molecule has 0 bridgehead atoms. The van der Waals surface area contributed by atoms with Gasteiger partial charge in [-0.1, -0.05) is 17.3 Å². The minimum atomic E-state index is -0.153. The Labute approximate surface area is 137 Å². The summed E-state index contributed by atoms with van der Waals surface area (Å²) in [6.07, 6.45) is 1.91. The molecule has 1 aliphatic heterocycles. The highest BCUT2D eigenvalue weighted by atomic mass is 32.1. The van der Waals surface area contributed by atoms with E-state index in [1.165, 1.54) is 0 Å². The molecule has 3 heterocycles. The van der Waals surface area contributed by atoms with Crippen LogP contribution in [0, 0.1) is 6.92 Å². The first-order valence-corrected chi connectivity index (χ1v) is 8.39. The number of nitrogens with zero attached hydrogens (tertiary/aromatic N) is 3. The molecule has 2 aromatic heterocycles. The fraction of sp³-hybridized carbons (Fsp3) is 0.312. The van der Waals surface area contributed by atoms with E-state index in [2.05, 4.69) is 16.5 Å². The zero-order valence-electron chi connectivity index (χ0n) is 12.7. The molecule has 1 saturated heterocycles. The van der Waals surface area contributed by atoms with Gasteiger partial charge in [0.25, 0.3) is 0 Å². The zero-order valence-corrected chi connectivity index (χ0v) is 13.5. The van der Waals surface area contributed by atoms with Crippen molar-refractivity contribution < 1.29 is 9.32 Å². The largest absolute Gasteiger partial charge is 0.360 e. The highest BCUT2D eigenvalue weighted by Crippen LogP contribution is 2.36. The molecule has 7 heteroatoms. The first-order valence-electron chi connectivity index (χ1n) is 7.57. The molecule has 1 fully saturated rings. The van der Waals surface area contributed by atoms with Gasteiger partial charge >= 0.3 is 6.03 Å². The normalized spacial score (nSPS) is 17.8. The molecule has 118 valence electrons. The summed E-state index contributed by atoms with van der Waals surface area (Å²) in [5, 5.41) is 7.61. The Morgan fingerprint density at radius 2 is 2.30 bits per heavy atom. The number of urea groups is 1. The van der Waals surface area contributed by atoms with E-state index in [9.17, 15) is 4.79 Å². The van der Waals surface area contributed by atoms with Crippen LogP contribution in [0.1, 0.15) is 29.7 Å². The van der Waals surface area contributed by atoms with Crippen LogP contribution in [0.15, 0.2) is 34.9 Å². The van der Waals surface area contributed by atoms with E-state index in [4.69, 9.17) is 9.51 Å². The predicted octanol–water partition coefficient (Wildman–Crippen LogP) is 3.96. The fourth-order valence-corrected chi connectivity index (χ4v) is 4.02. The summed E-state index contributed by atoms with van der Waals surface area (Å²) >= 11 is 1.66. The molecule has 0 aliphatic carbocycles. The number of amides is 2. The fourth-order valence-electron chi connectivity index (χ4n) is 2.91. The van der Waals surface area contributed by atoms with Gasteiger partial charge in [0.15, 0.2) is 5.82 Å². The summed E-state index contributed by atoms with van der Waals surface area (Å²) in [6.45, 7) is 2.52. The van der Waals surface area contributed by atoms with Crippen LogP contribution < -0.4 is 5.32 Å². The van der Waals surface area contributed by atoms with Crippen molar-refractivity contribution in [2.45, 2.75) is 25.8 Å². The number of carbonyl (C=O) groups excluding carboxylic acids is 1. The van der Waals surface area contributed by atoms with Crippen molar-refractivity contribution in [3.8, 4) is 0 Å². The lowest BCUT2D eigenvalue weighted by Crippen LogP contribution is -2.34. The van der Waals surface area contributed by atoms with E-state index >= 15 is 0 Å². The van der Waals surface area contributed by atoms with Crippen molar-refractivity contribution in [3.63, 3.8) is 0 Å². The molecule has 4 rings (SSSR count). The Morgan fingerprint density at radius 3 is 3.09 bits per heavy atom. The van der Waals surface area contributed by atoms with Gasteiger partial charge in [-0.25, -0.2) is 9.78 Å². The zero-order chi connectivity index (χ0) is 15.8. The van der Waals surface area contributed by atoms with Gasteiger partial charge in [-0.3, -0.25) is 5.32 Å². The average Bonchev–Trinajstić information content (AvgIpc) is 3.24. The second kappa shape index (κ2) is 5.66. The molecule has 1 N–H and O–H groups in total. The third-order valence-electron chi connectivity index (χ3n) is 3.97. The predicted molar refractivity (Wildman–Crippen MR) is 88.6 cm³/mol. The van der Waals surface area contributed by atoms with Gasteiger partial charge in [-0.15, -0.1) is 11.3 Å². The monoisotopic (exact) mass is 328 g/mol. The van der Waals surface area contributed by atoms with Crippen molar-refractivity contribution >= 4 is 33.4 Å². The van der Waals surface area contributed by atoms with Crippen molar-refractivity contribution in [2.24, 2.45) is 0 Å². The number of benzene rings is 1. The molecule has 6 nitrogen and oxygen atoms in total. The minimum absolute atomic E-state index is 0.0281. The molecule has 0 unspecified atom stereocenters. The summed E-state index contributed by atoms with van der Waals surface area (Å²) in [4.78, 5) is 19.1. The third-order valence-corrected chi connectivity index (χ3v) is 5.11. The van der Waals surface area contributed by atoms with Crippen LogP contribution >= 0.6 is 11.3 Å². The molecule has 23 heavy (non-hydrogen) atoms. The molecule has 0 saturated carbocycles. The van der Waals surface area contributed by atoms with Crippen molar-refractivity contribution in [1.29, 1.82) is 0 Å². The number of para-hydroxylation sites is 1. The number of hydrogen-bond acceptors (Lipinski definition) is 5. The number of aromatic nitrogens is 2. The first kappa shape index (κ1) is 14.2. The second-order valence-corrected chi connectivity index (χ2v) is 6.69. The highest BCUT2D eigenvalue weighted by molar-refractivity contribution is 7.18. The molecular weight excluding hydrogens is 312 g/mol. The Hall–Kier alpha value is -2.41. The van der Waals surface area contributed by atoms with E-state index in [-0.39, 0.29) is 12.1 Å². The maximum atomic E-state index is 12.5. The van der Waals surface area contributed by atoms with Crippen LogP contribution in [0.2, 0.25) is 0 Å². The first-order chi connectivity index (χ1) is 11.2. The summed E-state index contributed by atoms with van der Waals surface area (Å²) < 4.78 is 6.14.